The average molecular weight is 272 g/mol. The van der Waals surface area contributed by atoms with E-state index < -0.39 is 11.7 Å². The topological polar surface area (TPSA) is 81.3 Å². The van der Waals surface area contributed by atoms with Crippen molar-refractivity contribution in [3.8, 4) is 0 Å². The number of H-pyrrole nitrogens is 1. The number of nitrogens with zero attached hydrogens (tertiary/aromatic N) is 1. The van der Waals surface area contributed by atoms with E-state index >= 15 is 0 Å². The highest BCUT2D eigenvalue weighted by Crippen LogP contribution is 2.21. The SMILES string of the molecule is CCOC(=O)c1c(SCCOC)nc(=O)[nH]c1C. The second-order valence-corrected chi connectivity index (χ2v) is 4.49. The highest BCUT2D eigenvalue weighted by atomic mass is 32.2. The van der Waals surface area contributed by atoms with Gasteiger partial charge < -0.3 is 14.5 Å². The predicted molar refractivity (Wildman–Crippen MR) is 68.2 cm³/mol. The summed E-state index contributed by atoms with van der Waals surface area (Å²) in [6, 6.07) is 0. The van der Waals surface area contributed by atoms with Gasteiger partial charge in [0.2, 0.25) is 0 Å². The molecule has 0 bridgehead atoms. The van der Waals surface area contributed by atoms with Crippen molar-refractivity contribution in [3.05, 3.63) is 21.7 Å². The minimum Gasteiger partial charge on any atom is -0.462 e. The molecule has 6 nitrogen and oxygen atoms in total. The van der Waals surface area contributed by atoms with Gasteiger partial charge in [-0.3, -0.25) is 0 Å². The van der Waals surface area contributed by atoms with Crippen molar-refractivity contribution in [3.63, 3.8) is 0 Å². The zero-order chi connectivity index (χ0) is 13.5. The molecule has 0 atom stereocenters. The quantitative estimate of drug-likeness (QED) is 0.360. The number of aromatic amines is 1. The highest BCUT2D eigenvalue weighted by molar-refractivity contribution is 7.99. The third kappa shape index (κ3) is 3.85. The zero-order valence-corrected chi connectivity index (χ0v) is 11.4. The van der Waals surface area contributed by atoms with Crippen molar-refractivity contribution in [1.29, 1.82) is 0 Å². The van der Waals surface area contributed by atoms with Gasteiger partial charge in [0.05, 0.1) is 13.2 Å². The second-order valence-electron chi connectivity index (χ2n) is 3.41. The molecule has 0 saturated carbocycles. The summed E-state index contributed by atoms with van der Waals surface area (Å²) in [5, 5.41) is 0.381. The number of rotatable bonds is 6. The van der Waals surface area contributed by atoms with Crippen LogP contribution in [0.1, 0.15) is 23.0 Å². The van der Waals surface area contributed by atoms with Gasteiger partial charge in [-0.2, -0.15) is 4.98 Å². The maximum absolute atomic E-state index is 11.8. The maximum Gasteiger partial charge on any atom is 0.346 e. The summed E-state index contributed by atoms with van der Waals surface area (Å²) in [7, 11) is 1.59. The average Bonchev–Trinajstić information content (AvgIpc) is 2.28. The molecule has 1 aromatic heterocycles. The Hall–Kier alpha value is -1.34. The van der Waals surface area contributed by atoms with E-state index in [0.29, 0.717) is 28.6 Å². The van der Waals surface area contributed by atoms with Crippen LogP contribution in [0.25, 0.3) is 0 Å². The van der Waals surface area contributed by atoms with Crippen molar-refractivity contribution in [1.82, 2.24) is 9.97 Å². The van der Waals surface area contributed by atoms with Crippen LogP contribution in [0.15, 0.2) is 9.82 Å². The second kappa shape index (κ2) is 7.17. The Balaban J connectivity index is 3.04. The summed E-state index contributed by atoms with van der Waals surface area (Å²) in [5.74, 6) is 0.136. The molecule has 0 saturated heterocycles. The summed E-state index contributed by atoms with van der Waals surface area (Å²) in [6.45, 7) is 4.17. The number of carbonyl (C=O) groups is 1. The number of methoxy groups -OCH3 is 1. The van der Waals surface area contributed by atoms with Crippen molar-refractivity contribution >= 4 is 17.7 Å². The lowest BCUT2D eigenvalue weighted by Crippen LogP contribution is -2.19. The van der Waals surface area contributed by atoms with Crippen LogP contribution in [0.2, 0.25) is 0 Å². The molecule has 0 aromatic carbocycles. The number of hydrogen-bond acceptors (Lipinski definition) is 6. The minimum atomic E-state index is -0.473. The number of hydrogen-bond donors (Lipinski definition) is 1. The normalized spacial score (nSPS) is 10.4. The van der Waals surface area contributed by atoms with Crippen LogP contribution >= 0.6 is 11.8 Å². The molecule has 0 radical (unpaired) electrons. The molecule has 18 heavy (non-hydrogen) atoms. The molecule has 0 aliphatic carbocycles. The first-order chi connectivity index (χ1) is 8.60. The number of carbonyl (C=O) groups excluding carboxylic acids is 1. The Kier molecular flexibility index (Phi) is 5.87. The molecule has 0 fully saturated rings. The number of nitrogens with one attached hydrogen (secondary N) is 1. The van der Waals surface area contributed by atoms with Gasteiger partial charge in [0, 0.05) is 18.6 Å². The molecule has 1 aromatic rings. The van der Waals surface area contributed by atoms with Gasteiger partial charge in [0.25, 0.3) is 0 Å². The highest BCUT2D eigenvalue weighted by Gasteiger charge is 2.18. The van der Waals surface area contributed by atoms with E-state index in [2.05, 4.69) is 9.97 Å². The Morgan fingerprint density at radius 1 is 1.50 bits per heavy atom. The molecule has 0 aliphatic heterocycles. The lowest BCUT2D eigenvalue weighted by molar-refractivity contribution is 0.0519. The molecular weight excluding hydrogens is 256 g/mol. The Morgan fingerprint density at radius 2 is 2.22 bits per heavy atom. The molecule has 1 heterocycles. The van der Waals surface area contributed by atoms with Crippen LogP contribution in [0, 0.1) is 6.92 Å². The van der Waals surface area contributed by atoms with E-state index in [1.54, 1.807) is 21.0 Å². The van der Waals surface area contributed by atoms with Crippen LogP contribution < -0.4 is 5.69 Å². The Bertz CT molecular complexity index is 473. The van der Waals surface area contributed by atoms with Crippen LogP contribution in [0.4, 0.5) is 0 Å². The lowest BCUT2D eigenvalue weighted by atomic mass is 10.2. The number of esters is 1. The van der Waals surface area contributed by atoms with Crippen LogP contribution in [0.3, 0.4) is 0 Å². The van der Waals surface area contributed by atoms with Gasteiger partial charge in [-0.1, -0.05) is 0 Å². The van der Waals surface area contributed by atoms with Gasteiger partial charge in [0.1, 0.15) is 10.6 Å². The third-order valence-electron chi connectivity index (χ3n) is 2.09. The molecule has 0 unspecified atom stereocenters. The molecule has 1 N–H and O–H groups in total. The van der Waals surface area contributed by atoms with Gasteiger partial charge in [-0.15, -0.1) is 11.8 Å². The molecule has 1 rings (SSSR count). The van der Waals surface area contributed by atoms with E-state index in [9.17, 15) is 9.59 Å². The van der Waals surface area contributed by atoms with Gasteiger partial charge >= 0.3 is 11.7 Å². The Labute approximate surface area is 109 Å². The molecule has 0 spiro atoms. The molecular formula is C11H16N2O4S. The van der Waals surface area contributed by atoms with Gasteiger partial charge in [-0.25, -0.2) is 9.59 Å². The number of aromatic nitrogens is 2. The van der Waals surface area contributed by atoms with Crippen molar-refractivity contribution in [2.24, 2.45) is 0 Å². The van der Waals surface area contributed by atoms with E-state index in [1.165, 1.54) is 11.8 Å². The third-order valence-corrected chi connectivity index (χ3v) is 3.03. The van der Waals surface area contributed by atoms with Crippen LogP contribution in [0.5, 0.6) is 0 Å². The fourth-order valence-corrected chi connectivity index (χ4v) is 2.30. The molecule has 100 valence electrons. The first-order valence-electron chi connectivity index (χ1n) is 5.50. The van der Waals surface area contributed by atoms with Crippen LogP contribution in [-0.2, 0) is 9.47 Å². The van der Waals surface area contributed by atoms with E-state index in [-0.39, 0.29) is 6.61 Å². The summed E-state index contributed by atoms with van der Waals surface area (Å²) in [5.41, 5.74) is 0.311. The van der Waals surface area contributed by atoms with Crippen molar-refractivity contribution in [2.45, 2.75) is 18.9 Å². The van der Waals surface area contributed by atoms with Gasteiger partial charge in [0.15, 0.2) is 0 Å². The number of aryl methyl sites for hydroxylation is 1. The van der Waals surface area contributed by atoms with Crippen molar-refractivity contribution < 1.29 is 14.3 Å². The first kappa shape index (κ1) is 14.7. The Morgan fingerprint density at radius 3 is 2.83 bits per heavy atom. The summed E-state index contributed by atoms with van der Waals surface area (Å²) < 4.78 is 9.87. The van der Waals surface area contributed by atoms with Gasteiger partial charge in [-0.05, 0) is 13.8 Å². The fraction of sp³-hybridized carbons (Fsp3) is 0.545. The smallest absolute Gasteiger partial charge is 0.346 e. The summed E-state index contributed by atoms with van der Waals surface area (Å²) in [4.78, 5) is 29.4. The standard InChI is InChI=1S/C11H16N2O4S/c1-4-17-10(14)8-7(2)12-11(15)13-9(8)18-6-5-16-3/h4-6H2,1-3H3,(H,12,13,15). The van der Waals surface area contributed by atoms with E-state index in [4.69, 9.17) is 9.47 Å². The summed E-state index contributed by atoms with van der Waals surface area (Å²) >= 11 is 1.30. The van der Waals surface area contributed by atoms with E-state index in [0.717, 1.165) is 0 Å². The maximum atomic E-state index is 11.8. The van der Waals surface area contributed by atoms with Crippen LogP contribution in [-0.4, -0.2) is 42.0 Å². The minimum absolute atomic E-state index is 0.277. The monoisotopic (exact) mass is 272 g/mol. The largest absolute Gasteiger partial charge is 0.462 e. The lowest BCUT2D eigenvalue weighted by Gasteiger charge is -2.09. The first-order valence-corrected chi connectivity index (χ1v) is 6.48. The van der Waals surface area contributed by atoms with E-state index in [1.807, 2.05) is 0 Å². The molecule has 0 amide bonds. The fourth-order valence-electron chi connectivity index (χ4n) is 1.33. The zero-order valence-electron chi connectivity index (χ0n) is 10.6. The molecule has 7 heteroatoms. The predicted octanol–water partition coefficient (Wildman–Crippen LogP) is 0.994. The number of thioether (sulfide) groups is 1. The molecule has 0 aliphatic rings. The number of ether oxygens (including phenoxy) is 2. The van der Waals surface area contributed by atoms with Crippen molar-refractivity contribution in [2.75, 3.05) is 26.1 Å². The summed E-state index contributed by atoms with van der Waals surface area (Å²) in [6.07, 6.45) is 0.